The van der Waals surface area contributed by atoms with Crippen molar-refractivity contribution in [2.75, 3.05) is 0 Å². The summed E-state index contributed by atoms with van der Waals surface area (Å²) in [4.78, 5) is 11.3. The second-order valence-corrected chi connectivity index (χ2v) is 2.68. The van der Waals surface area contributed by atoms with E-state index < -0.39 is 0 Å². The van der Waals surface area contributed by atoms with Crippen molar-refractivity contribution in [3.05, 3.63) is 0 Å². The van der Waals surface area contributed by atoms with Crippen molar-refractivity contribution >= 4 is 5.78 Å². The Morgan fingerprint density at radius 2 is 2.00 bits per heavy atom. The van der Waals surface area contributed by atoms with Gasteiger partial charge in [0.1, 0.15) is 5.78 Å². The summed E-state index contributed by atoms with van der Waals surface area (Å²) in [5.74, 6) is 3.05. The van der Waals surface area contributed by atoms with Crippen LogP contribution in [0.25, 0.3) is 0 Å². The van der Waals surface area contributed by atoms with E-state index in [2.05, 4.69) is 5.92 Å². The molecule has 1 heteroatoms. The first kappa shape index (κ1) is 10.2. The van der Waals surface area contributed by atoms with Gasteiger partial charge in [-0.1, -0.05) is 13.8 Å². The minimum atomic E-state index is 0.239. The predicted octanol–water partition coefficient (Wildman–Crippen LogP) is 2.41. The molecule has 11 heavy (non-hydrogen) atoms. The summed E-state index contributed by atoms with van der Waals surface area (Å²) >= 11 is 0. The Morgan fingerprint density at radius 3 is 2.36 bits per heavy atom. The lowest BCUT2D eigenvalue weighted by Gasteiger charge is -2.08. The van der Waals surface area contributed by atoms with Gasteiger partial charge in [0.2, 0.25) is 0 Å². The molecule has 0 unspecified atom stereocenters. The molecule has 0 atom stereocenters. The van der Waals surface area contributed by atoms with Crippen molar-refractivity contribution < 1.29 is 4.79 Å². The number of carbonyl (C=O) groups is 1. The van der Waals surface area contributed by atoms with Crippen LogP contribution in [-0.4, -0.2) is 5.78 Å². The molecule has 0 aromatic carbocycles. The summed E-state index contributed by atoms with van der Waals surface area (Å²) in [6, 6.07) is 0. The Kier molecular flexibility index (Phi) is 5.56. The quantitative estimate of drug-likeness (QED) is 0.553. The second kappa shape index (κ2) is 5.97. The van der Waals surface area contributed by atoms with Gasteiger partial charge in [-0.3, -0.25) is 4.79 Å². The van der Waals surface area contributed by atoms with Gasteiger partial charge >= 0.3 is 0 Å². The summed E-state index contributed by atoms with van der Waals surface area (Å²) in [5.41, 5.74) is 0. The van der Waals surface area contributed by atoms with Crippen molar-refractivity contribution in [3.8, 4) is 12.3 Å². The molecule has 0 radical (unpaired) electrons. The maximum absolute atomic E-state index is 11.3. The number of carbonyl (C=O) groups excluding carboxylic acids is 1. The molecular formula is C10H16O. The smallest absolute Gasteiger partial charge is 0.136 e. The highest BCUT2D eigenvalue weighted by atomic mass is 16.1. The molecule has 0 bridgehead atoms. The van der Waals surface area contributed by atoms with Crippen LogP contribution in [0.5, 0.6) is 0 Å². The lowest BCUT2D eigenvalue weighted by atomic mass is 9.95. The number of hydrogen-bond donors (Lipinski definition) is 0. The number of hydrogen-bond acceptors (Lipinski definition) is 1. The number of rotatable bonds is 5. The average molecular weight is 152 g/mol. The van der Waals surface area contributed by atoms with Gasteiger partial charge in [-0.25, -0.2) is 0 Å². The molecule has 0 saturated heterocycles. The molecule has 0 aromatic rings. The molecule has 0 fully saturated rings. The third-order valence-electron chi connectivity index (χ3n) is 1.96. The van der Waals surface area contributed by atoms with Crippen LogP contribution in [-0.2, 0) is 4.79 Å². The van der Waals surface area contributed by atoms with Gasteiger partial charge in [-0.2, -0.15) is 0 Å². The summed E-state index contributed by atoms with van der Waals surface area (Å²) < 4.78 is 0. The number of Topliss-reactive ketones (excluding diaryl/α,β-unsaturated/α-hetero) is 1. The lowest BCUT2D eigenvalue weighted by molar-refractivity contribution is -0.122. The van der Waals surface area contributed by atoms with Gasteiger partial charge < -0.3 is 0 Å². The van der Waals surface area contributed by atoms with Crippen molar-refractivity contribution in [2.24, 2.45) is 5.92 Å². The molecule has 0 amide bonds. The van der Waals surface area contributed by atoms with Gasteiger partial charge in [-0.15, -0.1) is 12.3 Å². The predicted molar refractivity (Wildman–Crippen MR) is 47.1 cm³/mol. The fourth-order valence-corrected chi connectivity index (χ4v) is 1.14. The van der Waals surface area contributed by atoms with Gasteiger partial charge in [0.25, 0.3) is 0 Å². The minimum absolute atomic E-state index is 0.239. The Morgan fingerprint density at radius 1 is 1.45 bits per heavy atom. The fourth-order valence-electron chi connectivity index (χ4n) is 1.14. The standard InChI is InChI=1S/C10H16O/c1-4-7-8-10(11)9(5-2)6-3/h1,9H,5-8H2,2-3H3. The highest BCUT2D eigenvalue weighted by Crippen LogP contribution is 2.11. The molecular weight excluding hydrogens is 136 g/mol. The minimum Gasteiger partial charge on any atom is -0.299 e. The van der Waals surface area contributed by atoms with Crippen LogP contribution >= 0.6 is 0 Å². The molecule has 0 aliphatic heterocycles. The Labute approximate surface area is 69.2 Å². The highest BCUT2D eigenvalue weighted by Gasteiger charge is 2.12. The second-order valence-electron chi connectivity index (χ2n) is 2.68. The van der Waals surface area contributed by atoms with Gasteiger partial charge in [-0.05, 0) is 12.8 Å². The molecule has 62 valence electrons. The first-order valence-electron chi connectivity index (χ1n) is 4.22. The van der Waals surface area contributed by atoms with Crippen LogP contribution in [0.2, 0.25) is 0 Å². The molecule has 0 rings (SSSR count). The molecule has 0 aliphatic carbocycles. The monoisotopic (exact) mass is 152 g/mol. The third kappa shape index (κ3) is 3.83. The largest absolute Gasteiger partial charge is 0.299 e. The third-order valence-corrected chi connectivity index (χ3v) is 1.96. The summed E-state index contributed by atoms with van der Waals surface area (Å²) in [5, 5.41) is 0. The summed E-state index contributed by atoms with van der Waals surface area (Å²) in [7, 11) is 0. The molecule has 0 aromatic heterocycles. The molecule has 0 aliphatic rings. The van der Waals surface area contributed by atoms with E-state index in [0.717, 1.165) is 12.8 Å². The maximum atomic E-state index is 11.3. The van der Waals surface area contributed by atoms with Crippen molar-refractivity contribution in [1.29, 1.82) is 0 Å². The van der Waals surface area contributed by atoms with E-state index in [4.69, 9.17) is 6.42 Å². The van der Waals surface area contributed by atoms with Crippen LogP contribution in [0.4, 0.5) is 0 Å². The van der Waals surface area contributed by atoms with Crippen LogP contribution in [0.3, 0.4) is 0 Å². The normalized spacial score (nSPS) is 9.64. The Balaban J connectivity index is 3.72. The zero-order valence-electron chi connectivity index (χ0n) is 7.39. The SMILES string of the molecule is C#CCCC(=O)C(CC)CC. The van der Waals surface area contributed by atoms with E-state index in [0.29, 0.717) is 18.6 Å². The molecule has 0 N–H and O–H groups in total. The number of ketones is 1. The van der Waals surface area contributed by atoms with Gasteiger partial charge in [0.05, 0.1) is 0 Å². The van der Waals surface area contributed by atoms with E-state index in [1.165, 1.54) is 0 Å². The van der Waals surface area contributed by atoms with Crippen LogP contribution in [0.1, 0.15) is 39.5 Å². The zero-order valence-corrected chi connectivity index (χ0v) is 7.39. The fraction of sp³-hybridized carbons (Fsp3) is 0.700. The van der Waals surface area contributed by atoms with Crippen molar-refractivity contribution in [1.82, 2.24) is 0 Å². The van der Waals surface area contributed by atoms with Crippen LogP contribution < -0.4 is 0 Å². The topological polar surface area (TPSA) is 17.1 Å². The van der Waals surface area contributed by atoms with Crippen molar-refractivity contribution in [2.45, 2.75) is 39.5 Å². The molecule has 0 heterocycles. The average Bonchev–Trinajstić information content (AvgIpc) is 2.03. The van der Waals surface area contributed by atoms with Crippen LogP contribution in [0.15, 0.2) is 0 Å². The van der Waals surface area contributed by atoms with E-state index in [1.807, 2.05) is 13.8 Å². The summed E-state index contributed by atoms with van der Waals surface area (Å²) in [6.45, 7) is 4.09. The molecule has 0 spiro atoms. The zero-order chi connectivity index (χ0) is 8.69. The Hall–Kier alpha value is -0.770. The first-order chi connectivity index (χ1) is 5.26. The highest BCUT2D eigenvalue weighted by molar-refractivity contribution is 5.81. The van der Waals surface area contributed by atoms with E-state index in [9.17, 15) is 4.79 Å². The van der Waals surface area contributed by atoms with Gasteiger partial charge in [0.15, 0.2) is 0 Å². The van der Waals surface area contributed by atoms with Crippen LogP contribution in [0, 0.1) is 18.3 Å². The number of terminal acetylenes is 1. The van der Waals surface area contributed by atoms with Gasteiger partial charge in [0, 0.05) is 18.8 Å². The first-order valence-corrected chi connectivity index (χ1v) is 4.22. The maximum Gasteiger partial charge on any atom is 0.136 e. The van der Waals surface area contributed by atoms with E-state index in [1.54, 1.807) is 0 Å². The molecule has 0 saturated carbocycles. The Bertz CT molecular complexity index is 149. The van der Waals surface area contributed by atoms with Crippen molar-refractivity contribution in [3.63, 3.8) is 0 Å². The summed E-state index contributed by atoms with van der Waals surface area (Å²) in [6.07, 6.45) is 8.10. The lowest BCUT2D eigenvalue weighted by Crippen LogP contribution is -2.11. The van der Waals surface area contributed by atoms with E-state index in [-0.39, 0.29) is 5.92 Å². The van der Waals surface area contributed by atoms with E-state index >= 15 is 0 Å². The molecule has 1 nitrogen and oxygen atoms in total.